The lowest BCUT2D eigenvalue weighted by Crippen LogP contribution is -2.41. The van der Waals surface area contributed by atoms with Crippen LogP contribution in [0.3, 0.4) is 0 Å². The van der Waals surface area contributed by atoms with E-state index in [0.29, 0.717) is 23.6 Å². The van der Waals surface area contributed by atoms with Crippen molar-refractivity contribution in [2.24, 2.45) is 0 Å². The first kappa shape index (κ1) is 14.7. The van der Waals surface area contributed by atoms with Crippen molar-refractivity contribution in [3.8, 4) is 0 Å². The molecule has 1 unspecified atom stereocenters. The van der Waals surface area contributed by atoms with Crippen molar-refractivity contribution in [1.29, 1.82) is 0 Å². The summed E-state index contributed by atoms with van der Waals surface area (Å²) < 4.78 is 2.83. The number of aromatic nitrogens is 2. The molecule has 1 aliphatic heterocycles. The Balaban J connectivity index is 2.05. The van der Waals surface area contributed by atoms with Crippen molar-refractivity contribution in [3.05, 3.63) is 40.0 Å². The Morgan fingerprint density at radius 3 is 2.83 bits per heavy atom. The number of hydrogen-bond acceptors (Lipinski definition) is 3. The Bertz CT molecular complexity index is 982. The summed E-state index contributed by atoms with van der Waals surface area (Å²) in [6.45, 7) is 0. The van der Waals surface area contributed by atoms with Gasteiger partial charge in [0.1, 0.15) is 16.8 Å². The number of imide groups is 1. The molecule has 2 amide bonds. The molecule has 1 fully saturated rings. The molecule has 2 aromatic heterocycles. The van der Waals surface area contributed by atoms with E-state index in [2.05, 4.69) is 26.2 Å². The number of nitrogens with one attached hydrogen (secondary N) is 1. The van der Waals surface area contributed by atoms with E-state index in [1.54, 1.807) is 6.07 Å². The first-order valence-corrected chi connectivity index (χ1v) is 8.31. The predicted octanol–water partition coefficient (Wildman–Crippen LogP) is 3.58. The molecule has 116 valence electrons. The molecule has 7 heteroatoms. The first-order valence-electron chi connectivity index (χ1n) is 7.14. The van der Waals surface area contributed by atoms with Crippen LogP contribution in [0.1, 0.15) is 18.9 Å². The van der Waals surface area contributed by atoms with Crippen LogP contribution in [0, 0.1) is 0 Å². The summed E-state index contributed by atoms with van der Waals surface area (Å²) in [5, 5.41) is 4.69. The molecular weight excluding hydrogens is 382 g/mol. The second-order valence-corrected chi connectivity index (χ2v) is 6.81. The van der Waals surface area contributed by atoms with Crippen LogP contribution in [-0.2, 0) is 9.59 Å². The summed E-state index contributed by atoms with van der Waals surface area (Å²) in [6.07, 6.45) is 0.766. The Kier molecular flexibility index (Phi) is 3.39. The lowest BCUT2D eigenvalue weighted by atomic mass is 10.1. The maximum atomic E-state index is 12.3. The molecule has 1 aliphatic rings. The molecule has 4 rings (SSSR count). The quantitative estimate of drug-likeness (QED) is 0.508. The maximum absolute atomic E-state index is 12.3. The molecule has 1 atom stereocenters. The van der Waals surface area contributed by atoms with Crippen LogP contribution in [0.15, 0.2) is 34.8 Å². The van der Waals surface area contributed by atoms with Gasteiger partial charge >= 0.3 is 0 Å². The van der Waals surface area contributed by atoms with Gasteiger partial charge in [0.25, 0.3) is 0 Å². The van der Waals surface area contributed by atoms with Crippen molar-refractivity contribution < 1.29 is 9.59 Å². The number of benzene rings is 1. The second-order valence-electron chi connectivity index (χ2n) is 5.50. The Hall–Kier alpha value is -1.92. The van der Waals surface area contributed by atoms with E-state index < -0.39 is 6.04 Å². The summed E-state index contributed by atoms with van der Waals surface area (Å²) in [5.41, 5.74) is 1.55. The number of hydrogen-bond donors (Lipinski definition) is 1. The SMILES string of the molecule is O=C1CCC(n2c3ccc(Br)cc3c3ccc(Cl)nc32)C(=O)N1. The highest BCUT2D eigenvalue weighted by molar-refractivity contribution is 9.10. The van der Waals surface area contributed by atoms with Gasteiger partial charge in [-0.05, 0) is 36.8 Å². The lowest BCUT2D eigenvalue weighted by molar-refractivity contribution is -0.135. The fourth-order valence-corrected chi connectivity index (χ4v) is 3.62. The van der Waals surface area contributed by atoms with E-state index in [0.717, 1.165) is 20.8 Å². The molecule has 5 nitrogen and oxygen atoms in total. The topological polar surface area (TPSA) is 64.0 Å². The number of pyridine rings is 1. The molecule has 0 spiro atoms. The number of fused-ring (bicyclic) bond motifs is 3. The third kappa shape index (κ3) is 2.33. The molecule has 1 N–H and O–H groups in total. The molecule has 0 aliphatic carbocycles. The third-order valence-corrected chi connectivity index (χ3v) is 4.80. The second kappa shape index (κ2) is 5.32. The minimum atomic E-state index is -0.472. The van der Waals surface area contributed by atoms with Crippen LogP contribution >= 0.6 is 27.5 Å². The molecule has 1 aromatic carbocycles. The molecule has 3 heterocycles. The largest absolute Gasteiger partial charge is 0.313 e. The van der Waals surface area contributed by atoms with Crippen LogP contribution in [0.4, 0.5) is 0 Å². The number of carbonyl (C=O) groups is 2. The zero-order valence-corrected chi connectivity index (χ0v) is 14.2. The zero-order valence-electron chi connectivity index (χ0n) is 11.8. The highest BCUT2D eigenvalue weighted by Gasteiger charge is 2.30. The molecule has 0 saturated carbocycles. The van der Waals surface area contributed by atoms with Gasteiger partial charge in [0.15, 0.2) is 0 Å². The summed E-state index contributed by atoms with van der Waals surface area (Å²) in [7, 11) is 0. The van der Waals surface area contributed by atoms with E-state index >= 15 is 0 Å². The monoisotopic (exact) mass is 391 g/mol. The fraction of sp³-hybridized carbons (Fsp3) is 0.188. The Labute approximate surface area is 144 Å². The van der Waals surface area contributed by atoms with Crippen LogP contribution in [0.25, 0.3) is 21.9 Å². The highest BCUT2D eigenvalue weighted by Crippen LogP contribution is 2.35. The highest BCUT2D eigenvalue weighted by atomic mass is 79.9. The van der Waals surface area contributed by atoms with Crippen molar-refractivity contribution in [1.82, 2.24) is 14.9 Å². The standard InChI is InChI=1S/C16H11BrClN3O2/c17-8-1-3-11-10(7-8)9-2-5-13(18)19-15(9)21(11)12-4-6-14(22)20-16(12)23/h1-3,5,7,12H,4,6H2,(H,20,22,23). The minimum absolute atomic E-state index is 0.235. The van der Waals surface area contributed by atoms with Gasteiger partial charge in [-0.15, -0.1) is 0 Å². The van der Waals surface area contributed by atoms with Crippen LogP contribution in [0.5, 0.6) is 0 Å². The maximum Gasteiger partial charge on any atom is 0.249 e. The van der Waals surface area contributed by atoms with Gasteiger partial charge in [-0.2, -0.15) is 0 Å². The van der Waals surface area contributed by atoms with Crippen molar-refractivity contribution in [3.63, 3.8) is 0 Å². The molecule has 23 heavy (non-hydrogen) atoms. The van der Waals surface area contributed by atoms with Crippen LogP contribution < -0.4 is 5.32 Å². The van der Waals surface area contributed by atoms with Gasteiger partial charge in [-0.1, -0.05) is 27.5 Å². The molecule has 3 aromatic rings. The molecule has 0 bridgehead atoms. The summed E-state index contributed by atoms with van der Waals surface area (Å²) in [6, 6.07) is 9.03. The number of nitrogens with zero attached hydrogens (tertiary/aromatic N) is 2. The van der Waals surface area contributed by atoms with Crippen molar-refractivity contribution >= 4 is 61.3 Å². The average Bonchev–Trinajstić information content (AvgIpc) is 2.80. The van der Waals surface area contributed by atoms with Crippen molar-refractivity contribution in [2.75, 3.05) is 0 Å². The molecular formula is C16H11BrClN3O2. The smallest absolute Gasteiger partial charge is 0.249 e. The van der Waals surface area contributed by atoms with Gasteiger partial charge in [0.05, 0.1) is 5.52 Å². The first-order chi connectivity index (χ1) is 11.0. The minimum Gasteiger partial charge on any atom is -0.313 e. The lowest BCUT2D eigenvalue weighted by Gasteiger charge is -2.23. The summed E-state index contributed by atoms with van der Waals surface area (Å²) in [5.74, 6) is -0.537. The average molecular weight is 393 g/mol. The van der Waals surface area contributed by atoms with E-state index in [1.165, 1.54) is 0 Å². The number of rotatable bonds is 1. The van der Waals surface area contributed by atoms with E-state index in [9.17, 15) is 9.59 Å². The number of carbonyl (C=O) groups excluding carboxylic acids is 2. The van der Waals surface area contributed by atoms with E-state index in [1.807, 2.05) is 28.8 Å². The molecule has 1 saturated heterocycles. The number of piperidine rings is 1. The molecule has 0 radical (unpaired) electrons. The Morgan fingerprint density at radius 2 is 2.04 bits per heavy atom. The zero-order chi connectivity index (χ0) is 16.1. The van der Waals surface area contributed by atoms with E-state index in [4.69, 9.17) is 11.6 Å². The third-order valence-electron chi connectivity index (χ3n) is 4.10. The number of halogens is 2. The fourth-order valence-electron chi connectivity index (χ4n) is 3.11. The van der Waals surface area contributed by atoms with Gasteiger partial charge < -0.3 is 4.57 Å². The normalized spacial score (nSPS) is 18.6. The van der Waals surface area contributed by atoms with Gasteiger partial charge in [0, 0.05) is 21.7 Å². The summed E-state index contributed by atoms with van der Waals surface area (Å²) in [4.78, 5) is 28.2. The summed E-state index contributed by atoms with van der Waals surface area (Å²) >= 11 is 9.54. The predicted molar refractivity (Wildman–Crippen MR) is 91.4 cm³/mol. The van der Waals surface area contributed by atoms with Gasteiger partial charge in [0.2, 0.25) is 11.8 Å². The van der Waals surface area contributed by atoms with Crippen LogP contribution in [-0.4, -0.2) is 21.4 Å². The van der Waals surface area contributed by atoms with E-state index in [-0.39, 0.29) is 11.8 Å². The van der Waals surface area contributed by atoms with Crippen molar-refractivity contribution in [2.45, 2.75) is 18.9 Å². The van der Waals surface area contributed by atoms with Gasteiger partial charge in [-0.3, -0.25) is 14.9 Å². The van der Waals surface area contributed by atoms with Gasteiger partial charge in [-0.25, -0.2) is 4.98 Å². The number of amides is 2. The van der Waals surface area contributed by atoms with Crippen LogP contribution in [0.2, 0.25) is 5.15 Å². The Morgan fingerprint density at radius 1 is 1.22 bits per heavy atom.